The lowest BCUT2D eigenvalue weighted by atomic mass is 9.94. The van der Waals surface area contributed by atoms with Crippen molar-refractivity contribution in [3.8, 4) is 11.7 Å². The first-order chi connectivity index (χ1) is 19.3. The highest BCUT2D eigenvalue weighted by Crippen LogP contribution is 2.47. The summed E-state index contributed by atoms with van der Waals surface area (Å²) in [6.07, 6.45) is 9.62. The molecule has 1 atom stereocenters. The minimum atomic E-state index is -4.18. The molecule has 41 heavy (non-hydrogen) atoms. The maximum absolute atomic E-state index is 13.1. The van der Waals surface area contributed by atoms with E-state index in [0.29, 0.717) is 41.9 Å². The zero-order valence-corrected chi connectivity index (χ0v) is 25.6. The number of hydrogen-bond acceptors (Lipinski definition) is 8. The molecular weight excluding hydrogens is 566 g/mol. The molecule has 222 valence electrons. The fourth-order valence-electron chi connectivity index (χ4n) is 5.24. The van der Waals surface area contributed by atoms with Crippen LogP contribution in [0.25, 0.3) is 5.82 Å². The molecule has 4 heterocycles. The Bertz CT molecular complexity index is 1530. The molecule has 1 amide bonds. The number of pyridine rings is 1. The van der Waals surface area contributed by atoms with Crippen LogP contribution in [0.3, 0.4) is 0 Å². The van der Waals surface area contributed by atoms with Gasteiger partial charge in [-0.15, -0.1) is 5.10 Å². The van der Waals surface area contributed by atoms with Crippen molar-refractivity contribution in [2.45, 2.75) is 83.2 Å². The Morgan fingerprint density at radius 2 is 2.00 bits per heavy atom. The van der Waals surface area contributed by atoms with Crippen molar-refractivity contribution in [1.29, 1.82) is 0 Å². The number of ether oxygens (including phenoxy) is 1. The third-order valence-electron chi connectivity index (χ3n) is 8.02. The minimum Gasteiger partial charge on any atom is -0.477 e. The molecule has 3 aromatic rings. The molecule has 0 radical (unpaired) electrons. The zero-order valence-electron chi connectivity index (χ0n) is 24.0. The van der Waals surface area contributed by atoms with Gasteiger partial charge in [-0.25, -0.2) is 22.8 Å². The van der Waals surface area contributed by atoms with E-state index in [-0.39, 0.29) is 21.2 Å². The van der Waals surface area contributed by atoms with Crippen molar-refractivity contribution in [2.75, 3.05) is 13.2 Å². The fraction of sp³-hybridized carbons (Fsp3) is 0.571. The van der Waals surface area contributed by atoms with E-state index < -0.39 is 15.9 Å². The normalized spacial score (nSPS) is 19.3. The molecular formula is C28H38ClN7O4S. The Hall–Kier alpha value is -2.96. The minimum absolute atomic E-state index is 0.0463. The number of carbonyl (C=O) groups excluding carboxylic acids is 1. The summed E-state index contributed by atoms with van der Waals surface area (Å²) in [5.74, 6) is 0.553. The molecule has 1 unspecified atom stereocenters. The Morgan fingerprint density at radius 1 is 1.22 bits per heavy atom. The van der Waals surface area contributed by atoms with Crippen LogP contribution in [0.15, 0.2) is 35.5 Å². The summed E-state index contributed by atoms with van der Waals surface area (Å²) < 4.78 is 37.1. The number of carbonyl (C=O) groups is 1. The van der Waals surface area contributed by atoms with Gasteiger partial charge < -0.3 is 10.1 Å². The predicted molar refractivity (Wildman–Crippen MR) is 155 cm³/mol. The van der Waals surface area contributed by atoms with E-state index in [1.165, 1.54) is 29.8 Å². The van der Waals surface area contributed by atoms with Crippen molar-refractivity contribution in [1.82, 2.24) is 34.6 Å². The third kappa shape index (κ3) is 7.28. The Balaban J connectivity index is 1.18. The molecule has 0 spiro atoms. The quantitative estimate of drug-likeness (QED) is 0.293. The second kappa shape index (κ2) is 11.4. The van der Waals surface area contributed by atoms with Crippen molar-refractivity contribution >= 4 is 27.5 Å². The molecule has 2 fully saturated rings. The SMILES string of the molecule is Cc1nn(CCCC2CNC(C)(C)C2)cc1S(=O)(=O)NC(=O)c1ccc(-n2ccc(OCCC3(C)CC3)n2)nc1Cl. The highest BCUT2D eigenvalue weighted by Gasteiger charge is 2.36. The van der Waals surface area contributed by atoms with Crippen LogP contribution in [-0.4, -0.2) is 57.6 Å². The first-order valence-electron chi connectivity index (χ1n) is 14.0. The average molecular weight is 604 g/mol. The van der Waals surface area contributed by atoms with Crippen molar-refractivity contribution in [3.63, 3.8) is 0 Å². The van der Waals surface area contributed by atoms with E-state index in [2.05, 4.69) is 46.0 Å². The number of amides is 1. The molecule has 3 aromatic heterocycles. The second-order valence-electron chi connectivity index (χ2n) is 12.3. The lowest BCUT2D eigenvalue weighted by Crippen LogP contribution is -2.31. The summed E-state index contributed by atoms with van der Waals surface area (Å²) in [5.41, 5.74) is 0.802. The van der Waals surface area contributed by atoms with Crippen LogP contribution in [0.1, 0.15) is 75.3 Å². The maximum Gasteiger partial charge on any atom is 0.268 e. The first kappa shape index (κ1) is 29.5. The summed E-state index contributed by atoms with van der Waals surface area (Å²) >= 11 is 6.30. The van der Waals surface area contributed by atoms with Crippen molar-refractivity contribution in [3.05, 3.63) is 47.0 Å². The van der Waals surface area contributed by atoms with Crippen LogP contribution < -0.4 is 14.8 Å². The molecule has 2 aliphatic rings. The lowest BCUT2D eigenvalue weighted by Gasteiger charge is -2.17. The second-order valence-corrected chi connectivity index (χ2v) is 14.3. The molecule has 1 aliphatic carbocycles. The fourth-order valence-corrected chi connectivity index (χ4v) is 6.63. The van der Waals surface area contributed by atoms with Crippen LogP contribution in [0.4, 0.5) is 0 Å². The highest BCUT2D eigenvalue weighted by molar-refractivity contribution is 7.90. The van der Waals surface area contributed by atoms with Gasteiger partial charge in [0, 0.05) is 30.5 Å². The molecule has 5 rings (SSSR count). The number of hydrogen-bond donors (Lipinski definition) is 2. The number of aromatic nitrogens is 5. The highest BCUT2D eigenvalue weighted by atomic mass is 35.5. The summed E-state index contributed by atoms with van der Waals surface area (Å²) in [7, 11) is -4.18. The Kier molecular flexibility index (Phi) is 8.19. The standard InChI is InChI=1S/C28H38ClN7O4S/c1-19-22(18-35(32-19)13-5-6-20-16-27(2,3)30-17-20)41(38,39)34-26(37)21-7-8-23(31-25(21)29)36-14-9-24(33-36)40-15-12-28(4)10-11-28/h7-9,14,18,20,30H,5-6,10-13,15-17H2,1-4H3,(H,34,37). The molecule has 0 bridgehead atoms. The zero-order chi connectivity index (χ0) is 29.4. The number of nitrogens with zero attached hydrogens (tertiary/aromatic N) is 5. The van der Waals surface area contributed by atoms with Crippen LogP contribution in [0.5, 0.6) is 5.88 Å². The van der Waals surface area contributed by atoms with Gasteiger partial charge in [0.1, 0.15) is 10.0 Å². The van der Waals surface area contributed by atoms with Gasteiger partial charge in [0.15, 0.2) is 5.82 Å². The third-order valence-corrected chi connectivity index (χ3v) is 9.74. The van der Waals surface area contributed by atoms with E-state index >= 15 is 0 Å². The molecule has 2 N–H and O–H groups in total. The van der Waals surface area contributed by atoms with E-state index in [0.717, 1.165) is 32.2 Å². The molecule has 0 aromatic carbocycles. The number of rotatable bonds is 12. The van der Waals surface area contributed by atoms with Gasteiger partial charge in [-0.3, -0.25) is 9.48 Å². The number of nitrogens with one attached hydrogen (secondary N) is 2. The summed E-state index contributed by atoms with van der Waals surface area (Å²) in [5, 5.41) is 12.1. The number of sulfonamides is 1. The van der Waals surface area contributed by atoms with E-state index in [1.54, 1.807) is 29.9 Å². The van der Waals surface area contributed by atoms with Gasteiger partial charge in [0.2, 0.25) is 5.88 Å². The molecule has 1 saturated heterocycles. The van der Waals surface area contributed by atoms with Crippen LogP contribution in [-0.2, 0) is 16.6 Å². The smallest absolute Gasteiger partial charge is 0.268 e. The van der Waals surface area contributed by atoms with Crippen LogP contribution in [0, 0.1) is 18.3 Å². The Morgan fingerprint density at radius 3 is 2.68 bits per heavy atom. The monoisotopic (exact) mass is 603 g/mol. The average Bonchev–Trinajstić information content (AvgIpc) is 3.21. The summed E-state index contributed by atoms with van der Waals surface area (Å²) in [6.45, 7) is 10.4. The number of halogens is 1. The molecule has 11 nitrogen and oxygen atoms in total. The molecule has 1 saturated carbocycles. The van der Waals surface area contributed by atoms with Gasteiger partial charge in [-0.05, 0) is 89.3 Å². The first-order valence-corrected chi connectivity index (χ1v) is 15.9. The van der Waals surface area contributed by atoms with Gasteiger partial charge >= 0.3 is 0 Å². The van der Waals surface area contributed by atoms with Gasteiger partial charge in [0.05, 0.1) is 17.9 Å². The van der Waals surface area contributed by atoms with Crippen LogP contribution >= 0.6 is 11.6 Å². The van der Waals surface area contributed by atoms with Crippen molar-refractivity contribution in [2.24, 2.45) is 11.3 Å². The topological polar surface area (TPSA) is 133 Å². The van der Waals surface area contributed by atoms with E-state index in [1.807, 2.05) is 0 Å². The van der Waals surface area contributed by atoms with E-state index in [4.69, 9.17) is 16.3 Å². The van der Waals surface area contributed by atoms with Gasteiger partial charge in [0.25, 0.3) is 15.9 Å². The largest absolute Gasteiger partial charge is 0.477 e. The predicted octanol–water partition coefficient (Wildman–Crippen LogP) is 4.28. The lowest BCUT2D eigenvalue weighted by molar-refractivity contribution is 0.0981. The maximum atomic E-state index is 13.1. The van der Waals surface area contributed by atoms with Gasteiger partial charge in [-0.1, -0.05) is 18.5 Å². The number of aryl methyl sites for hydroxylation is 2. The van der Waals surface area contributed by atoms with Gasteiger partial charge in [-0.2, -0.15) is 5.10 Å². The Labute approximate surface area is 246 Å². The summed E-state index contributed by atoms with van der Waals surface area (Å²) in [6, 6.07) is 4.69. The van der Waals surface area contributed by atoms with Crippen molar-refractivity contribution < 1.29 is 17.9 Å². The van der Waals surface area contributed by atoms with E-state index in [9.17, 15) is 13.2 Å². The summed E-state index contributed by atoms with van der Waals surface area (Å²) in [4.78, 5) is 17.1. The van der Waals surface area contributed by atoms with Crippen LogP contribution in [0.2, 0.25) is 5.15 Å². The molecule has 1 aliphatic heterocycles. The molecule has 13 heteroatoms.